The number of phenols is 1. The molecule has 0 bridgehead atoms. The first-order valence-electron chi connectivity index (χ1n) is 7.36. The minimum atomic E-state index is -0.559. The molecular formula is C18H13N5O2. The predicted molar refractivity (Wildman–Crippen MR) is 94.3 cm³/mol. The second-order valence-corrected chi connectivity index (χ2v) is 5.04. The fourth-order valence-electron chi connectivity index (χ4n) is 2.19. The van der Waals surface area contributed by atoms with Gasteiger partial charge in [0, 0.05) is 11.1 Å². The van der Waals surface area contributed by atoms with Gasteiger partial charge in [0.2, 0.25) is 5.95 Å². The van der Waals surface area contributed by atoms with E-state index in [1.165, 1.54) is 12.3 Å². The van der Waals surface area contributed by atoms with E-state index in [9.17, 15) is 15.2 Å². The lowest BCUT2D eigenvalue weighted by Gasteiger charge is -2.06. The second kappa shape index (κ2) is 7.10. The summed E-state index contributed by atoms with van der Waals surface area (Å²) in [6, 6.07) is 17.5. The zero-order valence-electron chi connectivity index (χ0n) is 13.0. The highest BCUT2D eigenvalue weighted by Crippen LogP contribution is 2.19. The summed E-state index contributed by atoms with van der Waals surface area (Å²) in [5.41, 5.74) is 3.41. The number of aromatic amines is 1. The molecule has 3 rings (SSSR count). The van der Waals surface area contributed by atoms with Crippen LogP contribution in [0.15, 0.2) is 64.5 Å². The van der Waals surface area contributed by atoms with E-state index in [1.54, 1.807) is 42.5 Å². The Kier molecular flexibility index (Phi) is 4.53. The normalized spacial score (nSPS) is 10.5. The number of benzene rings is 2. The van der Waals surface area contributed by atoms with Gasteiger partial charge in [-0.05, 0) is 12.1 Å². The molecule has 0 saturated carbocycles. The monoisotopic (exact) mass is 331 g/mol. The van der Waals surface area contributed by atoms with Gasteiger partial charge in [-0.2, -0.15) is 10.4 Å². The second-order valence-electron chi connectivity index (χ2n) is 5.04. The lowest BCUT2D eigenvalue weighted by molar-refractivity contribution is 0.474. The van der Waals surface area contributed by atoms with Crippen LogP contribution >= 0.6 is 0 Å². The third-order valence-corrected chi connectivity index (χ3v) is 3.39. The van der Waals surface area contributed by atoms with E-state index in [2.05, 4.69) is 20.5 Å². The molecule has 0 radical (unpaired) electrons. The number of aromatic hydroxyl groups is 1. The molecule has 7 nitrogen and oxygen atoms in total. The van der Waals surface area contributed by atoms with Crippen molar-refractivity contribution < 1.29 is 5.11 Å². The van der Waals surface area contributed by atoms with Crippen LogP contribution in [0.3, 0.4) is 0 Å². The van der Waals surface area contributed by atoms with Crippen LogP contribution < -0.4 is 11.0 Å². The van der Waals surface area contributed by atoms with Crippen LogP contribution in [-0.2, 0) is 0 Å². The van der Waals surface area contributed by atoms with Crippen LogP contribution in [0.5, 0.6) is 5.75 Å². The van der Waals surface area contributed by atoms with Crippen molar-refractivity contribution >= 4 is 12.2 Å². The van der Waals surface area contributed by atoms with Gasteiger partial charge in [0.1, 0.15) is 17.4 Å². The number of H-pyrrole nitrogens is 1. The topological polar surface area (TPSA) is 114 Å². The number of phenolic OH excluding ortho intramolecular Hbond substituents is 1. The minimum absolute atomic E-state index is 0.0681. The van der Waals surface area contributed by atoms with E-state index >= 15 is 0 Å². The number of hydrogen-bond acceptors (Lipinski definition) is 6. The zero-order valence-corrected chi connectivity index (χ0v) is 13.0. The maximum absolute atomic E-state index is 12.1. The number of aromatic nitrogens is 2. The smallest absolute Gasteiger partial charge is 0.270 e. The molecule has 0 aliphatic heterocycles. The summed E-state index contributed by atoms with van der Waals surface area (Å²) in [5, 5.41) is 22.9. The summed E-state index contributed by atoms with van der Waals surface area (Å²) >= 11 is 0. The summed E-state index contributed by atoms with van der Waals surface area (Å²) in [4.78, 5) is 18.8. The van der Waals surface area contributed by atoms with Crippen LogP contribution in [0.25, 0.3) is 11.3 Å². The van der Waals surface area contributed by atoms with Crippen molar-refractivity contribution in [3.8, 4) is 23.1 Å². The Hall–Kier alpha value is -3.92. The molecule has 0 amide bonds. The van der Waals surface area contributed by atoms with Gasteiger partial charge in [0.15, 0.2) is 0 Å². The summed E-state index contributed by atoms with van der Waals surface area (Å²) in [6.07, 6.45) is 1.40. The number of nitrogens with zero attached hydrogens (tertiary/aromatic N) is 3. The largest absolute Gasteiger partial charge is 0.507 e. The third-order valence-electron chi connectivity index (χ3n) is 3.39. The van der Waals surface area contributed by atoms with E-state index in [4.69, 9.17) is 0 Å². The molecule has 0 atom stereocenters. The van der Waals surface area contributed by atoms with Crippen molar-refractivity contribution in [3.05, 3.63) is 76.1 Å². The highest BCUT2D eigenvalue weighted by Gasteiger charge is 2.12. The number of rotatable bonds is 4. The molecule has 1 heterocycles. The van der Waals surface area contributed by atoms with Gasteiger partial charge in [-0.25, -0.2) is 10.4 Å². The third kappa shape index (κ3) is 3.54. The lowest BCUT2D eigenvalue weighted by atomic mass is 10.1. The number of nitrogens with one attached hydrogen (secondary N) is 2. The molecule has 122 valence electrons. The van der Waals surface area contributed by atoms with Crippen LogP contribution in [0.4, 0.5) is 5.95 Å². The van der Waals surface area contributed by atoms with Crippen LogP contribution in [0.1, 0.15) is 11.1 Å². The van der Waals surface area contributed by atoms with E-state index in [0.29, 0.717) is 11.1 Å². The lowest BCUT2D eigenvalue weighted by Crippen LogP contribution is -2.16. The average molecular weight is 331 g/mol. The fourth-order valence-corrected chi connectivity index (χ4v) is 2.19. The van der Waals surface area contributed by atoms with E-state index in [1.807, 2.05) is 12.1 Å². The molecule has 3 aromatic rings. The van der Waals surface area contributed by atoms with E-state index in [-0.39, 0.29) is 23.0 Å². The van der Waals surface area contributed by atoms with Gasteiger partial charge in [-0.1, -0.05) is 42.5 Å². The van der Waals surface area contributed by atoms with Gasteiger partial charge >= 0.3 is 0 Å². The first-order chi connectivity index (χ1) is 12.2. The summed E-state index contributed by atoms with van der Waals surface area (Å²) in [6.45, 7) is 0. The predicted octanol–water partition coefficient (Wildman–Crippen LogP) is 2.46. The highest BCUT2D eigenvalue weighted by molar-refractivity contribution is 5.83. The number of hydrogen-bond donors (Lipinski definition) is 3. The molecule has 0 saturated heterocycles. The summed E-state index contributed by atoms with van der Waals surface area (Å²) < 4.78 is 0. The number of nitriles is 1. The SMILES string of the molecule is N#Cc1c(-c2ccccc2)nc(NN=Cc2ccccc2O)[nH]c1=O. The van der Waals surface area contributed by atoms with Gasteiger partial charge in [0.05, 0.1) is 11.9 Å². The number of para-hydroxylation sites is 1. The molecule has 2 aromatic carbocycles. The number of anilines is 1. The molecule has 0 spiro atoms. The number of hydrazone groups is 1. The summed E-state index contributed by atoms with van der Waals surface area (Å²) in [7, 11) is 0. The molecule has 0 aliphatic carbocycles. The quantitative estimate of drug-likeness (QED) is 0.502. The molecule has 1 aromatic heterocycles. The Morgan fingerprint density at radius 1 is 1.16 bits per heavy atom. The highest BCUT2D eigenvalue weighted by atomic mass is 16.3. The average Bonchev–Trinajstić information content (AvgIpc) is 2.63. The maximum atomic E-state index is 12.1. The van der Waals surface area contributed by atoms with E-state index < -0.39 is 5.56 Å². The first-order valence-corrected chi connectivity index (χ1v) is 7.36. The molecule has 3 N–H and O–H groups in total. The van der Waals surface area contributed by atoms with Crippen molar-refractivity contribution in [2.75, 3.05) is 5.43 Å². The van der Waals surface area contributed by atoms with Crippen LogP contribution in [0, 0.1) is 11.3 Å². The van der Waals surface area contributed by atoms with Crippen molar-refractivity contribution in [1.29, 1.82) is 5.26 Å². The van der Waals surface area contributed by atoms with Crippen molar-refractivity contribution in [2.45, 2.75) is 0 Å². The first kappa shape index (κ1) is 16.0. The van der Waals surface area contributed by atoms with Crippen molar-refractivity contribution in [3.63, 3.8) is 0 Å². The Labute approximate surface area is 142 Å². The van der Waals surface area contributed by atoms with Crippen molar-refractivity contribution in [1.82, 2.24) is 9.97 Å². The molecule has 0 fully saturated rings. The minimum Gasteiger partial charge on any atom is -0.507 e. The standard InChI is InChI=1S/C18H13N5O2/c19-10-14-16(12-6-2-1-3-7-12)21-18(22-17(14)25)23-20-11-13-8-4-5-9-15(13)24/h1-9,11,24H,(H2,21,22,23,25). The summed E-state index contributed by atoms with van der Waals surface area (Å²) in [5.74, 6) is 0.175. The van der Waals surface area contributed by atoms with Crippen molar-refractivity contribution in [2.24, 2.45) is 5.10 Å². The Balaban J connectivity index is 1.93. The zero-order chi connectivity index (χ0) is 17.6. The molecular weight excluding hydrogens is 318 g/mol. The Morgan fingerprint density at radius 2 is 1.88 bits per heavy atom. The van der Waals surface area contributed by atoms with Crippen LogP contribution in [0.2, 0.25) is 0 Å². The van der Waals surface area contributed by atoms with Gasteiger partial charge in [-0.15, -0.1) is 0 Å². The van der Waals surface area contributed by atoms with Gasteiger partial charge in [-0.3, -0.25) is 9.78 Å². The maximum Gasteiger partial charge on any atom is 0.270 e. The molecule has 7 heteroatoms. The molecule has 0 unspecified atom stereocenters. The fraction of sp³-hybridized carbons (Fsp3) is 0. The Bertz CT molecular complexity index is 1020. The molecule has 25 heavy (non-hydrogen) atoms. The van der Waals surface area contributed by atoms with E-state index in [0.717, 1.165) is 0 Å². The molecule has 0 aliphatic rings. The van der Waals surface area contributed by atoms with Gasteiger partial charge < -0.3 is 5.11 Å². The Morgan fingerprint density at radius 3 is 2.60 bits per heavy atom. The van der Waals surface area contributed by atoms with Crippen LogP contribution in [-0.4, -0.2) is 21.3 Å². The van der Waals surface area contributed by atoms with Gasteiger partial charge in [0.25, 0.3) is 5.56 Å².